The van der Waals surface area contributed by atoms with E-state index in [2.05, 4.69) is 33.8 Å². The fraction of sp³-hybridized carbons (Fsp3) is 0.500. The Balaban J connectivity index is 3.07. The molecule has 0 saturated heterocycles. The third-order valence-electron chi connectivity index (χ3n) is 2.63. The van der Waals surface area contributed by atoms with Gasteiger partial charge >= 0.3 is 0 Å². The van der Waals surface area contributed by atoms with Crippen LogP contribution in [0.5, 0.6) is 5.75 Å². The number of ether oxygens (including phenoxy) is 1. The lowest BCUT2D eigenvalue weighted by atomic mass is 9.85. The molecule has 0 aromatic heterocycles. The Bertz CT molecular complexity index is 405. The molecule has 1 rings (SSSR count). The van der Waals surface area contributed by atoms with E-state index >= 15 is 0 Å². The van der Waals surface area contributed by atoms with Crippen molar-refractivity contribution >= 4 is 5.91 Å². The van der Waals surface area contributed by atoms with E-state index in [9.17, 15) is 4.79 Å². The van der Waals surface area contributed by atoms with Gasteiger partial charge in [0.15, 0.2) is 6.61 Å². The molecule has 0 saturated carbocycles. The molecule has 1 aromatic rings. The van der Waals surface area contributed by atoms with Crippen LogP contribution in [-0.4, -0.2) is 12.5 Å². The summed E-state index contributed by atoms with van der Waals surface area (Å²) in [4.78, 5) is 10.8. The Morgan fingerprint density at radius 3 is 2.47 bits per heavy atom. The lowest BCUT2D eigenvalue weighted by Crippen LogP contribution is -2.22. The van der Waals surface area contributed by atoms with E-state index in [1.165, 1.54) is 5.56 Å². The third kappa shape index (κ3) is 3.77. The molecule has 0 bridgehead atoms. The molecule has 3 nitrogen and oxygen atoms in total. The van der Waals surface area contributed by atoms with Crippen LogP contribution in [0.25, 0.3) is 0 Å². The molecule has 3 heteroatoms. The van der Waals surface area contributed by atoms with Crippen molar-refractivity contribution in [2.75, 3.05) is 6.61 Å². The smallest absolute Gasteiger partial charge is 0.255 e. The van der Waals surface area contributed by atoms with Crippen molar-refractivity contribution in [3.05, 3.63) is 29.3 Å². The second-order valence-electron chi connectivity index (χ2n) is 5.19. The first-order valence-corrected chi connectivity index (χ1v) is 5.89. The van der Waals surface area contributed by atoms with Gasteiger partial charge in [-0.05, 0) is 29.0 Å². The number of carbonyl (C=O) groups is 1. The highest BCUT2D eigenvalue weighted by molar-refractivity contribution is 5.75. The van der Waals surface area contributed by atoms with Crippen LogP contribution in [0.4, 0.5) is 0 Å². The second-order valence-corrected chi connectivity index (χ2v) is 5.19. The zero-order chi connectivity index (χ0) is 13.1. The van der Waals surface area contributed by atoms with Gasteiger partial charge in [0.05, 0.1) is 0 Å². The minimum atomic E-state index is -0.454. The van der Waals surface area contributed by atoms with Crippen LogP contribution in [0, 0.1) is 0 Å². The summed E-state index contributed by atoms with van der Waals surface area (Å²) in [6, 6.07) is 6.07. The zero-order valence-corrected chi connectivity index (χ0v) is 11.0. The van der Waals surface area contributed by atoms with Crippen molar-refractivity contribution in [3.63, 3.8) is 0 Å². The zero-order valence-electron chi connectivity index (χ0n) is 11.0. The number of nitrogens with two attached hydrogens (primary N) is 1. The number of hydrogen-bond donors (Lipinski definition) is 1. The van der Waals surface area contributed by atoms with E-state index in [4.69, 9.17) is 10.5 Å². The van der Waals surface area contributed by atoms with Gasteiger partial charge < -0.3 is 10.5 Å². The lowest BCUT2D eigenvalue weighted by molar-refractivity contribution is -0.119. The molecule has 0 aliphatic carbocycles. The van der Waals surface area contributed by atoms with E-state index in [-0.39, 0.29) is 12.0 Å². The molecule has 17 heavy (non-hydrogen) atoms. The third-order valence-corrected chi connectivity index (χ3v) is 2.63. The summed E-state index contributed by atoms with van der Waals surface area (Å²) in [5.74, 6) is 0.290. The molecule has 0 radical (unpaired) electrons. The minimum Gasteiger partial charge on any atom is -0.483 e. The summed E-state index contributed by atoms with van der Waals surface area (Å²) in [6.45, 7) is 8.41. The molecule has 0 aliphatic heterocycles. The van der Waals surface area contributed by atoms with Gasteiger partial charge in [-0.2, -0.15) is 0 Å². The average Bonchev–Trinajstić information content (AvgIpc) is 2.24. The average molecular weight is 235 g/mol. The highest BCUT2D eigenvalue weighted by Gasteiger charge is 2.19. The Morgan fingerprint density at radius 2 is 2.00 bits per heavy atom. The van der Waals surface area contributed by atoms with Gasteiger partial charge in [0.1, 0.15) is 5.75 Å². The van der Waals surface area contributed by atoms with Gasteiger partial charge in [0.25, 0.3) is 5.91 Å². The van der Waals surface area contributed by atoms with E-state index in [0.29, 0.717) is 0 Å². The van der Waals surface area contributed by atoms with Crippen LogP contribution < -0.4 is 10.5 Å². The van der Waals surface area contributed by atoms with Gasteiger partial charge in [0, 0.05) is 0 Å². The van der Waals surface area contributed by atoms with Crippen LogP contribution in [0.3, 0.4) is 0 Å². The van der Waals surface area contributed by atoms with Gasteiger partial charge in [-0.3, -0.25) is 4.79 Å². The summed E-state index contributed by atoms with van der Waals surface area (Å²) in [5, 5.41) is 0. The van der Waals surface area contributed by atoms with Crippen molar-refractivity contribution in [2.24, 2.45) is 5.73 Å². The Hall–Kier alpha value is -1.51. The first-order valence-electron chi connectivity index (χ1n) is 5.89. The van der Waals surface area contributed by atoms with Crippen LogP contribution in [0.2, 0.25) is 0 Å². The predicted octanol–water partition coefficient (Wildman–Crippen LogP) is 2.41. The topological polar surface area (TPSA) is 52.3 Å². The van der Waals surface area contributed by atoms with Crippen molar-refractivity contribution in [3.8, 4) is 5.75 Å². The maximum absolute atomic E-state index is 10.8. The SMILES string of the molecule is CCc1ccc(OCC(N)=O)c(C(C)(C)C)c1. The van der Waals surface area contributed by atoms with Crippen molar-refractivity contribution < 1.29 is 9.53 Å². The maximum Gasteiger partial charge on any atom is 0.255 e. The molecule has 0 unspecified atom stereocenters. The fourth-order valence-corrected chi connectivity index (χ4v) is 1.66. The minimum absolute atomic E-state index is 0.0157. The van der Waals surface area contributed by atoms with Crippen LogP contribution in [0.15, 0.2) is 18.2 Å². The molecule has 1 amide bonds. The van der Waals surface area contributed by atoms with Crippen LogP contribution in [0.1, 0.15) is 38.8 Å². The summed E-state index contributed by atoms with van der Waals surface area (Å²) in [5.41, 5.74) is 7.45. The number of carbonyl (C=O) groups excluding carboxylic acids is 1. The maximum atomic E-state index is 10.8. The monoisotopic (exact) mass is 235 g/mol. The summed E-state index contributed by atoms with van der Waals surface area (Å²) in [7, 11) is 0. The summed E-state index contributed by atoms with van der Waals surface area (Å²) < 4.78 is 5.45. The van der Waals surface area contributed by atoms with E-state index in [1.54, 1.807) is 0 Å². The second kappa shape index (κ2) is 5.21. The fourth-order valence-electron chi connectivity index (χ4n) is 1.66. The molecule has 0 aliphatic rings. The number of rotatable bonds is 4. The van der Waals surface area contributed by atoms with Crippen molar-refractivity contribution in [1.29, 1.82) is 0 Å². The molecule has 0 atom stereocenters. The summed E-state index contributed by atoms with van der Waals surface area (Å²) >= 11 is 0. The molecule has 1 aromatic carbocycles. The molecular formula is C14H21NO2. The number of primary amides is 1. The number of amides is 1. The van der Waals surface area contributed by atoms with Crippen LogP contribution >= 0.6 is 0 Å². The van der Waals surface area contributed by atoms with E-state index in [0.717, 1.165) is 17.7 Å². The molecule has 0 spiro atoms. The first-order chi connectivity index (χ1) is 7.84. The number of benzene rings is 1. The number of hydrogen-bond acceptors (Lipinski definition) is 2. The van der Waals surface area contributed by atoms with E-state index in [1.807, 2.05) is 12.1 Å². The van der Waals surface area contributed by atoms with Gasteiger partial charge in [-0.25, -0.2) is 0 Å². The van der Waals surface area contributed by atoms with Crippen molar-refractivity contribution in [2.45, 2.75) is 39.5 Å². The summed E-state index contributed by atoms with van der Waals surface area (Å²) in [6.07, 6.45) is 0.985. The molecular weight excluding hydrogens is 214 g/mol. The highest BCUT2D eigenvalue weighted by Crippen LogP contribution is 2.32. The molecule has 2 N–H and O–H groups in total. The van der Waals surface area contributed by atoms with E-state index < -0.39 is 5.91 Å². The Labute approximate surface area is 103 Å². The quantitative estimate of drug-likeness (QED) is 0.871. The lowest BCUT2D eigenvalue weighted by Gasteiger charge is -2.23. The number of aryl methyl sites for hydroxylation is 1. The van der Waals surface area contributed by atoms with Crippen molar-refractivity contribution in [1.82, 2.24) is 0 Å². The van der Waals surface area contributed by atoms with Gasteiger partial charge in [-0.15, -0.1) is 0 Å². The predicted molar refractivity (Wildman–Crippen MR) is 69.2 cm³/mol. The van der Waals surface area contributed by atoms with Crippen LogP contribution in [-0.2, 0) is 16.6 Å². The molecule has 0 heterocycles. The standard InChI is InChI=1S/C14H21NO2/c1-5-10-6-7-12(17-9-13(15)16)11(8-10)14(2,3)4/h6-8H,5,9H2,1-4H3,(H2,15,16). The van der Waals surface area contributed by atoms with Gasteiger partial charge in [0.2, 0.25) is 0 Å². The Morgan fingerprint density at radius 1 is 1.35 bits per heavy atom. The highest BCUT2D eigenvalue weighted by atomic mass is 16.5. The molecule has 0 fully saturated rings. The normalized spacial score (nSPS) is 11.3. The first kappa shape index (κ1) is 13.6. The Kier molecular flexibility index (Phi) is 4.16. The molecule has 94 valence electrons. The van der Waals surface area contributed by atoms with Gasteiger partial charge in [-0.1, -0.05) is 39.8 Å². The largest absolute Gasteiger partial charge is 0.483 e.